The minimum atomic E-state index is -4.70. The molecule has 0 unspecified atom stereocenters. The first-order valence-corrected chi connectivity index (χ1v) is 11.0. The second-order valence-electron chi connectivity index (χ2n) is 9.72. The molecule has 3 aromatic rings. The van der Waals surface area contributed by atoms with Crippen molar-refractivity contribution in [2.75, 3.05) is 21.1 Å². The van der Waals surface area contributed by atoms with E-state index >= 15 is 0 Å². The molecule has 0 amide bonds. The maximum Gasteiger partial charge on any atom is 0.418 e. The Hall–Kier alpha value is -3.54. The summed E-state index contributed by atoms with van der Waals surface area (Å²) in [6.07, 6.45) is 1.96. The molecule has 0 atom stereocenters. The second kappa shape index (κ2) is 7.23. The van der Waals surface area contributed by atoms with Gasteiger partial charge < -0.3 is 4.90 Å². The summed E-state index contributed by atoms with van der Waals surface area (Å²) in [5.41, 5.74) is -0.660. The number of halogens is 3. The maximum atomic E-state index is 13.7. The van der Waals surface area contributed by atoms with Gasteiger partial charge in [0.05, 0.1) is 27.7 Å². The summed E-state index contributed by atoms with van der Waals surface area (Å²) in [5.74, 6) is 0.953. The minimum absolute atomic E-state index is 0.230. The fourth-order valence-electron chi connectivity index (χ4n) is 5.71. The van der Waals surface area contributed by atoms with Crippen LogP contribution in [0.1, 0.15) is 42.4 Å². The Kier molecular flexibility index (Phi) is 4.73. The van der Waals surface area contributed by atoms with E-state index in [1.165, 1.54) is 23.6 Å². The molecule has 6 nitrogen and oxygen atoms in total. The predicted octanol–water partition coefficient (Wildman–Crippen LogP) is 4.38. The van der Waals surface area contributed by atoms with E-state index in [0.717, 1.165) is 40.9 Å². The molecular weight excluding hydrogens is 443 g/mol. The molecule has 0 aliphatic heterocycles. The molecular formula is C25H24F3N5O. The van der Waals surface area contributed by atoms with Crippen molar-refractivity contribution in [1.82, 2.24) is 13.9 Å². The van der Waals surface area contributed by atoms with Gasteiger partial charge >= 0.3 is 11.9 Å². The van der Waals surface area contributed by atoms with Crippen molar-refractivity contribution in [3.8, 4) is 11.8 Å². The minimum Gasteiger partial charge on any atom is -0.366 e. The van der Waals surface area contributed by atoms with Crippen molar-refractivity contribution >= 4 is 11.4 Å². The van der Waals surface area contributed by atoms with Gasteiger partial charge in [-0.15, -0.1) is 0 Å². The molecule has 0 bridgehead atoms. The van der Waals surface area contributed by atoms with Crippen molar-refractivity contribution in [3.63, 3.8) is 0 Å². The van der Waals surface area contributed by atoms with E-state index in [0.29, 0.717) is 11.1 Å². The van der Waals surface area contributed by atoms with Crippen LogP contribution in [-0.4, -0.2) is 40.8 Å². The predicted molar refractivity (Wildman–Crippen MR) is 122 cm³/mol. The van der Waals surface area contributed by atoms with E-state index in [4.69, 9.17) is 0 Å². The van der Waals surface area contributed by atoms with Crippen molar-refractivity contribution in [2.24, 2.45) is 10.4 Å². The van der Waals surface area contributed by atoms with Crippen LogP contribution < -0.4 is 5.69 Å². The van der Waals surface area contributed by atoms with Gasteiger partial charge in [-0.05, 0) is 54.9 Å². The van der Waals surface area contributed by atoms with Gasteiger partial charge in [0.15, 0.2) is 0 Å². The third-order valence-corrected chi connectivity index (χ3v) is 7.25. The van der Waals surface area contributed by atoms with Crippen molar-refractivity contribution < 1.29 is 13.2 Å². The van der Waals surface area contributed by atoms with Crippen LogP contribution in [0.4, 0.5) is 13.2 Å². The summed E-state index contributed by atoms with van der Waals surface area (Å²) >= 11 is 0. The molecule has 2 saturated carbocycles. The standard InChI is InChI=1S/C25H24F3N5O/c1-30-21(31(2)3)24(14-23(15-24)7-8-23)17-5-4-6-18(10-17)32-13-20-19(25(26,27)28)9-16(11-29)12-33(20)22(32)34/h4-6,9-10,12-13H,7-8,14-15H2,1-3H3. The van der Waals surface area contributed by atoms with E-state index < -0.39 is 17.4 Å². The molecule has 176 valence electrons. The van der Waals surface area contributed by atoms with Gasteiger partial charge in [-0.25, -0.2) is 4.79 Å². The van der Waals surface area contributed by atoms with Crippen LogP contribution in [0.2, 0.25) is 0 Å². The zero-order valence-electron chi connectivity index (χ0n) is 19.1. The van der Waals surface area contributed by atoms with Crippen molar-refractivity contribution in [3.05, 3.63) is 69.9 Å². The number of aliphatic imine (C=N–C) groups is 1. The lowest BCUT2D eigenvalue weighted by Crippen LogP contribution is -2.53. The first-order valence-electron chi connectivity index (χ1n) is 11.0. The number of benzene rings is 1. The van der Waals surface area contributed by atoms with Gasteiger partial charge in [-0.3, -0.25) is 14.0 Å². The zero-order valence-corrected chi connectivity index (χ0v) is 19.1. The Labute approximate surface area is 194 Å². The number of pyridine rings is 1. The van der Waals surface area contributed by atoms with E-state index in [-0.39, 0.29) is 16.5 Å². The number of nitrogens with zero attached hydrogens (tertiary/aromatic N) is 5. The number of aromatic nitrogens is 2. The van der Waals surface area contributed by atoms with Crippen LogP contribution in [0.5, 0.6) is 0 Å². The van der Waals surface area contributed by atoms with Gasteiger partial charge in [0, 0.05) is 33.5 Å². The Morgan fingerprint density at radius 1 is 1.18 bits per heavy atom. The normalized spacial score (nSPS) is 18.6. The summed E-state index contributed by atoms with van der Waals surface area (Å²) in [4.78, 5) is 19.7. The topological polar surface area (TPSA) is 65.8 Å². The highest BCUT2D eigenvalue weighted by Crippen LogP contribution is 2.69. The lowest BCUT2D eigenvalue weighted by Gasteiger charge is -2.51. The largest absolute Gasteiger partial charge is 0.418 e. The van der Waals surface area contributed by atoms with Crippen LogP contribution in [0.15, 0.2) is 52.5 Å². The van der Waals surface area contributed by atoms with E-state index in [1.54, 1.807) is 19.2 Å². The molecule has 2 fully saturated rings. The maximum absolute atomic E-state index is 13.7. The molecule has 0 radical (unpaired) electrons. The molecule has 0 saturated heterocycles. The molecule has 2 aliphatic rings. The quantitative estimate of drug-likeness (QED) is 0.424. The highest BCUT2D eigenvalue weighted by atomic mass is 19.4. The van der Waals surface area contributed by atoms with Crippen molar-refractivity contribution in [2.45, 2.75) is 37.3 Å². The molecule has 0 N–H and O–H groups in total. The average molecular weight is 467 g/mol. The van der Waals surface area contributed by atoms with E-state index in [9.17, 15) is 23.2 Å². The lowest BCUT2D eigenvalue weighted by atomic mass is 9.55. The Morgan fingerprint density at radius 3 is 2.44 bits per heavy atom. The summed E-state index contributed by atoms with van der Waals surface area (Å²) in [5, 5.41) is 9.17. The van der Waals surface area contributed by atoms with Gasteiger partial charge in [-0.2, -0.15) is 18.4 Å². The number of nitriles is 1. The second-order valence-corrected chi connectivity index (χ2v) is 9.72. The van der Waals surface area contributed by atoms with E-state index in [1.807, 2.05) is 37.2 Å². The number of alkyl halides is 3. The highest BCUT2D eigenvalue weighted by Gasteiger charge is 2.63. The first kappa shape index (κ1) is 22.3. The number of hydrogen-bond donors (Lipinski definition) is 0. The number of amidine groups is 1. The molecule has 34 heavy (non-hydrogen) atoms. The van der Waals surface area contributed by atoms with E-state index in [2.05, 4.69) is 4.99 Å². The number of rotatable bonds is 3. The molecule has 9 heteroatoms. The molecule has 1 spiro atoms. The molecule has 2 heterocycles. The summed E-state index contributed by atoms with van der Waals surface area (Å²) in [6.45, 7) is 0. The van der Waals surface area contributed by atoms with Crippen molar-refractivity contribution in [1.29, 1.82) is 5.26 Å². The zero-order chi connectivity index (χ0) is 24.5. The summed E-state index contributed by atoms with van der Waals surface area (Å²) in [7, 11) is 5.69. The number of likely N-dealkylation sites (N-methyl/N-ethyl adjacent to an activating group) is 1. The van der Waals surface area contributed by atoms with Crippen LogP contribution in [0, 0.1) is 16.7 Å². The smallest absolute Gasteiger partial charge is 0.366 e. The third kappa shape index (κ3) is 3.23. The van der Waals surface area contributed by atoms with Crippen LogP contribution in [0.25, 0.3) is 11.2 Å². The highest BCUT2D eigenvalue weighted by molar-refractivity contribution is 5.94. The SMILES string of the molecule is CN=C(N(C)C)C1(c2cccc(-n3cc4c(C(F)(F)F)cc(C#N)cn4c3=O)c2)CC2(CC2)C1. The fraction of sp³-hybridized carbons (Fsp3) is 0.400. The molecule has 2 aliphatic carbocycles. The summed E-state index contributed by atoms with van der Waals surface area (Å²) in [6, 6.07) is 9.90. The first-order chi connectivity index (χ1) is 16.0. The molecule has 5 rings (SSSR count). The third-order valence-electron chi connectivity index (χ3n) is 7.25. The Balaban J connectivity index is 1.67. The number of imidazole rings is 1. The molecule has 1 aromatic carbocycles. The number of hydrogen-bond acceptors (Lipinski definition) is 3. The van der Waals surface area contributed by atoms with Gasteiger partial charge in [-0.1, -0.05) is 12.1 Å². The Morgan fingerprint density at radius 2 is 1.88 bits per heavy atom. The van der Waals surface area contributed by atoms with Crippen LogP contribution >= 0.6 is 0 Å². The average Bonchev–Trinajstić information content (AvgIpc) is 3.49. The fourth-order valence-corrected chi connectivity index (χ4v) is 5.71. The molecule has 2 aromatic heterocycles. The Bertz CT molecular complexity index is 1430. The van der Waals surface area contributed by atoms with Gasteiger partial charge in [0.25, 0.3) is 0 Å². The van der Waals surface area contributed by atoms with Gasteiger partial charge in [0.2, 0.25) is 0 Å². The van der Waals surface area contributed by atoms with Crippen LogP contribution in [-0.2, 0) is 11.6 Å². The monoisotopic (exact) mass is 467 g/mol. The summed E-state index contributed by atoms with van der Waals surface area (Å²) < 4.78 is 43.2. The van der Waals surface area contributed by atoms with Gasteiger partial charge in [0.1, 0.15) is 11.9 Å². The number of fused-ring (bicyclic) bond motifs is 1. The lowest BCUT2D eigenvalue weighted by molar-refractivity contribution is -0.136. The van der Waals surface area contributed by atoms with Crippen LogP contribution in [0.3, 0.4) is 0 Å².